The first-order valence-electron chi connectivity index (χ1n) is 21.5. The monoisotopic (exact) mass is 770 g/mol. The fourth-order valence-electron chi connectivity index (χ4n) is 9.91. The molecule has 0 amide bonds. The Bertz CT molecular complexity index is 3230. The molecule has 1 aromatic heterocycles. The Morgan fingerprint density at radius 3 is 1.15 bits per heavy atom. The van der Waals surface area contributed by atoms with Gasteiger partial charge in [-0.15, -0.1) is 21.9 Å². The van der Waals surface area contributed by atoms with E-state index < -0.39 is 0 Å². The lowest BCUT2D eigenvalue weighted by molar-refractivity contribution is 1.10. The Morgan fingerprint density at radius 2 is 0.689 bits per heavy atom. The molecule has 10 rings (SSSR count). The van der Waals surface area contributed by atoms with Crippen molar-refractivity contribution in [3.8, 4) is 61.6 Å². The van der Waals surface area contributed by atoms with Gasteiger partial charge in [0.1, 0.15) is 68.6 Å². The van der Waals surface area contributed by atoms with Gasteiger partial charge >= 0.3 is 0 Å². The van der Waals surface area contributed by atoms with Gasteiger partial charge in [0.15, 0.2) is 0 Å². The molecule has 0 radical (unpaired) electrons. The average Bonchev–Trinajstić information content (AvgIpc) is 3.71. The van der Waals surface area contributed by atoms with Crippen LogP contribution in [0, 0.1) is 0 Å². The minimum atomic E-state index is 0.942. The summed E-state index contributed by atoms with van der Waals surface area (Å²) >= 11 is 0. The third-order valence-corrected chi connectivity index (χ3v) is 13.8. The van der Waals surface area contributed by atoms with E-state index in [-0.39, 0.29) is 0 Å². The van der Waals surface area contributed by atoms with E-state index in [1.807, 2.05) is 0 Å². The highest BCUT2D eigenvalue weighted by molar-refractivity contribution is 6.71. The highest BCUT2D eigenvalue weighted by atomic mass is 15.1. The van der Waals surface area contributed by atoms with Crippen LogP contribution in [0.2, 0.25) is 0 Å². The summed E-state index contributed by atoms with van der Waals surface area (Å²) in [6.07, 6.45) is 0. The lowest BCUT2D eigenvalue weighted by atomic mass is 9.59. The van der Waals surface area contributed by atoms with E-state index in [9.17, 15) is 0 Å². The Balaban J connectivity index is 1.32. The molecule has 0 unspecified atom stereocenters. The summed E-state index contributed by atoms with van der Waals surface area (Å²) < 4.78 is 2.31. The van der Waals surface area contributed by atoms with E-state index in [1.54, 1.807) is 0 Å². The Morgan fingerprint density at radius 1 is 0.311 bits per heavy atom. The van der Waals surface area contributed by atoms with E-state index in [0.717, 1.165) is 28.1 Å². The average molecular weight is 769 g/mol. The standard InChI is InChI=1S/C51H42B8N2/c52-43-39-37(29-20-22-34(23-21-29)61-36-19-11-10-18-35(36)60-51(61)30-16-8-3-9-17-30)40-42(46(55)50(59)48(57)44(40)53)38(41(39)45(54)49(58)47(43)56)33-25-31(27-12-4-1-5-13-27)24-32(26-33)28-14-6-2-7-15-28/h1-26H,52-59H2. The van der Waals surface area contributed by atoms with Crippen LogP contribution in [0.3, 0.4) is 0 Å². The molecule has 2 nitrogen and oxygen atoms in total. The first-order chi connectivity index (χ1) is 29.6. The second kappa shape index (κ2) is 15.2. The van der Waals surface area contributed by atoms with Crippen molar-refractivity contribution in [3.63, 3.8) is 0 Å². The zero-order chi connectivity index (χ0) is 42.1. The molecule has 10 aromatic rings. The van der Waals surface area contributed by atoms with Crippen molar-refractivity contribution in [3.05, 3.63) is 158 Å². The van der Waals surface area contributed by atoms with E-state index in [2.05, 4.69) is 225 Å². The molecular formula is C51H42B8N2. The molecule has 0 aliphatic heterocycles. The van der Waals surface area contributed by atoms with Crippen LogP contribution in [0.5, 0.6) is 0 Å². The maximum absolute atomic E-state index is 5.15. The number of hydrogen-bond acceptors (Lipinski definition) is 1. The highest BCUT2D eigenvalue weighted by Crippen LogP contribution is 2.43. The minimum Gasteiger partial charge on any atom is -0.292 e. The number of fused-ring (bicyclic) bond motifs is 3. The van der Waals surface area contributed by atoms with Crippen molar-refractivity contribution >= 4 is 139 Å². The molecule has 0 N–H and O–H groups in total. The van der Waals surface area contributed by atoms with Crippen LogP contribution < -0.4 is 43.7 Å². The van der Waals surface area contributed by atoms with Crippen LogP contribution in [0.15, 0.2) is 158 Å². The van der Waals surface area contributed by atoms with E-state index in [0.29, 0.717) is 0 Å². The van der Waals surface area contributed by atoms with Gasteiger partial charge in [-0.2, -0.15) is 0 Å². The van der Waals surface area contributed by atoms with Crippen molar-refractivity contribution in [1.29, 1.82) is 0 Å². The van der Waals surface area contributed by atoms with Crippen molar-refractivity contribution in [2.24, 2.45) is 0 Å². The van der Waals surface area contributed by atoms with Gasteiger partial charge < -0.3 is 0 Å². The normalized spacial score (nSPS) is 11.5. The third-order valence-electron chi connectivity index (χ3n) is 13.8. The molecule has 9 aromatic carbocycles. The lowest BCUT2D eigenvalue weighted by Gasteiger charge is -2.28. The van der Waals surface area contributed by atoms with Gasteiger partial charge in [0, 0.05) is 11.3 Å². The number of nitrogens with zero attached hydrogens (tertiary/aromatic N) is 2. The zero-order valence-electron chi connectivity index (χ0n) is 36.4. The first-order valence-corrected chi connectivity index (χ1v) is 21.5. The highest BCUT2D eigenvalue weighted by Gasteiger charge is 2.26. The number of aromatic nitrogens is 2. The molecule has 10 heteroatoms. The maximum atomic E-state index is 5.15. The lowest BCUT2D eigenvalue weighted by Crippen LogP contribution is -2.50. The number of benzene rings is 9. The molecule has 280 valence electrons. The first kappa shape index (κ1) is 38.7. The topological polar surface area (TPSA) is 17.8 Å². The van der Waals surface area contributed by atoms with E-state index >= 15 is 0 Å². The molecule has 61 heavy (non-hydrogen) atoms. The number of hydrogen-bond donors (Lipinski definition) is 0. The van der Waals surface area contributed by atoms with Crippen molar-refractivity contribution in [1.82, 2.24) is 9.55 Å². The van der Waals surface area contributed by atoms with Crippen LogP contribution in [0.4, 0.5) is 0 Å². The molecule has 0 atom stereocenters. The fourth-order valence-corrected chi connectivity index (χ4v) is 9.91. The largest absolute Gasteiger partial charge is 0.292 e. The number of imidazole rings is 1. The summed E-state index contributed by atoms with van der Waals surface area (Å²) in [4.78, 5) is 5.15. The van der Waals surface area contributed by atoms with Crippen LogP contribution in [-0.2, 0) is 0 Å². The summed E-state index contributed by atoms with van der Waals surface area (Å²) in [5.41, 5.74) is 25.0. The number of rotatable bonds is 6. The molecule has 0 spiro atoms. The number of para-hydroxylation sites is 2. The summed E-state index contributed by atoms with van der Waals surface area (Å²) in [7, 11) is 18.6. The summed E-state index contributed by atoms with van der Waals surface area (Å²) in [6, 6.07) is 57.3. The molecule has 0 saturated heterocycles. The quantitative estimate of drug-likeness (QED) is 0.169. The van der Waals surface area contributed by atoms with Crippen molar-refractivity contribution < 1.29 is 0 Å². The Labute approximate surface area is 366 Å². The molecular weight excluding hydrogens is 727 g/mol. The zero-order valence-corrected chi connectivity index (χ0v) is 36.4. The van der Waals surface area contributed by atoms with Gasteiger partial charge in [0.05, 0.1) is 11.0 Å². The fraction of sp³-hybridized carbons (Fsp3) is 0. The molecule has 0 saturated carbocycles. The molecule has 0 fully saturated rings. The van der Waals surface area contributed by atoms with Crippen LogP contribution in [0.1, 0.15) is 0 Å². The maximum Gasteiger partial charge on any atom is 0.145 e. The molecule has 1 heterocycles. The van der Waals surface area contributed by atoms with Crippen LogP contribution in [0.25, 0.3) is 94.2 Å². The smallest absolute Gasteiger partial charge is 0.145 e. The summed E-state index contributed by atoms with van der Waals surface area (Å²) in [5.74, 6) is 0.942. The Hall–Kier alpha value is -6.51. The van der Waals surface area contributed by atoms with Crippen LogP contribution >= 0.6 is 0 Å². The second-order valence-corrected chi connectivity index (χ2v) is 17.0. The molecule has 0 aliphatic carbocycles. The van der Waals surface area contributed by atoms with Gasteiger partial charge in [-0.05, 0) is 109 Å². The third kappa shape index (κ3) is 6.26. The predicted octanol–water partition coefficient (Wildman–Crippen LogP) is -0.266. The van der Waals surface area contributed by atoms with E-state index in [1.165, 1.54) is 110 Å². The summed E-state index contributed by atoms with van der Waals surface area (Å²) in [5, 5.41) is 5.36. The van der Waals surface area contributed by atoms with Crippen molar-refractivity contribution in [2.75, 3.05) is 0 Å². The van der Waals surface area contributed by atoms with Gasteiger partial charge in [-0.25, -0.2) is 4.98 Å². The second-order valence-electron chi connectivity index (χ2n) is 17.0. The van der Waals surface area contributed by atoms with Crippen LogP contribution in [-0.4, -0.2) is 72.3 Å². The van der Waals surface area contributed by atoms with Crippen molar-refractivity contribution in [2.45, 2.75) is 0 Å². The van der Waals surface area contributed by atoms with Gasteiger partial charge in [0.2, 0.25) is 0 Å². The Kier molecular flexibility index (Phi) is 9.63. The van der Waals surface area contributed by atoms with Gasteiger partial charge in [-0.1, -0.05) is 137 Å². The predicted molar refractivity (Wildman–Crippen MR) is 289 cm³/mol. The van der Waals surface area contributed by atoms with E-state index in [4.69, 9.17) is 4.98 Å². The SMILES string of the molecule is Bc1c(B)c(B)c2c(-c3cc(-c4ccccc4)cc(-c4ccccc4)c3)c3c(B)c(B)c(B)c(B)c3c(-c3ccc(-n4c(-c5ccccc5)nc5ccccc54)cc3)c2c1B. The summed E-state index contributed by atoms with van der Waals surface area (Å²) in [6.45, 7) is 0. The van der Waals surface area contributed by atoms with Gasteiger partial charge in [-0.3, -0.25) is 4.57 Å². The van der Waals surface area contributed by atoms with Gasteiger partial charge in [0.25, 0.3) is 0 Å². The minimum absolute atomic E-state index is 0.942. The molecule has 0 bridgehead atoms. The molecule has 0 aliphatic rings.